The Morgan fingerprint density at radius 3 is 1.98 bits per heavy atom. The Morgan fingerprint density at radius 2 is 1.40 bits per heavy atom. The second kappa shape index (κ2) is 14.9. The maximum Gasteiger partial charge on any atom is 0.266 e. The highest BCUT2D eigenvalue weighted by atomic mass is 35.5. The largest absolute Gasteiger partial charge is 0.490 e. The number of hydrogen-bond acceptors (Lipinski definition) is 5. The van der Waals surface area contributed by atoms with Crippen LogP contribution in [0.25, 0.3) is 6.08 Å². The predicted molar refractivity (Wildman–Crippen MR) is 168 cm³/mol. The highest BCUT2D eigenvalue weighted by molar-refractivity contribution is 6.35. The molecule has 0 heterocycles. The number of amides is 1. The third-order valence-electron chi connectivity index (χ3n) is 5.86. The summed E-state index contributed by atoms with van der Waals surface area (Å²) in [4.78, 5) is 12.9. The van der Waals surface area contributed by atoms with Crippen molar-refractivity contribution >= 4 is 64.1 Å². The summed E-state index contributed by atoms with van der Waals surface area (Å²) in [5, 5.41) is 14.5. The quantitative estimate of drug-likeness (QED) is 0.130. The van der Waals surface area contributed by atoms with Crippen LogP contribution in [0, 0.1) is 11.3 Å². The van der Waals surface area contributed by atoms with Gasteiger partial charge in [-0.15, -0.1) is 0 Å². The van der Waals surface area contributed by atoms with E-state index in [1.165, 1.54) is 6.08 Å². The molecule has 0 aliphatic rings. The molecule has 1 amide bonds. The monoisotopic (exact) mass is 640 g/mol. The molecular formula is C32H24Cl4N2O4. The van der Waals surface area contributed by atoms with E-state index in [0.29, 0.717) is 55.2 Å². The summed E-state index contributed by atoms with van der Waals surface area (Å²) < 4.78 is 17.4. The topological polar surface area (TPSA) is 80.6 Å². The van der Waals surface area contributed by atoms with Crippen molar-refractivity contribution < 1.29 is 19.0 Å². The van der Waals surface area contributed by atoms with Gasteiger partial charge < -0.3 is 19.5 Å². The van der Waals surface area contributed by atoms with Gasteiger partial charge in [-0.25, -0.2) is 0 Å². The summed E-state index contributed by atoms with van der Waals surface area (Å²) in [6.45, 7) is 2.70. The highest BCUT2D eigenvalue weighted by Gasteiger charge is 2.13. The molecule has 0 fully saturated rings. The van der Waals surface area contributed by atoms with Crippen LogP contribution in [0.4, 0.5) is 5.69 Å². The molecule has 0 aromatic heterocycles. The molecule has 0 aliphatic heterocycles. The summed E-state index contributed by atoms with van der Waals surface area (Å²) in [6.07, 6.45) is 1.48. The molecule has 214 valence electrons. The molecule has 0 unspecified atom stereocenters. The SMILES string of the molecule is CCOc1cc(/C=C(\C#N)C(=O)Nc2ccc(OCc3ccc(Cl)cc3Cl)cc2)ccc1OCc1ccc(Cl)cc1Cl. The number of nitriles is 1. The average molecular weight is 642 g/mol. The van der Waals surface area contributed by atoms with Crippen molar-refractivity contribution in [2.24, 2.45) is 0 Å². The van der Waals surface area contributed by atoms with Crippen molar-refractivity contribution in [2.75, 3.05) is 11.9 Å². The Morgan fingerprint density at radius 1 is 0.786 bits per heavy atom. The number of ether oxygens (including phenoxy) is 3. The summed E-state index contributed by atoms with van der Waals surface area (Å²) in [6, 6.07) is 24.2. The van der Waals surface area contributed by atoms with E-state index < -0.39 is 5.91 Å². The number of anilines is 1. The zero-order valence-corrected chi connectivity index (χ0v) is 25.3. The van der Waals surface area contributed by atoms with E-state index in [9.17, 15) is 10.1 Å². The third kappa shape index (κ3) is 8.58. The van der Waals surface area contributed by atoms with E-state index in [-0.39, 0.29) is 18.8 Å². The van der Waals surface area contributed by atoms with Gasteiger partial charge in [0.1, 0.15) is 30.6 Å². The summed E-state index contributed by atoms with van der Waals surface area (Å²) in [5.74, 6) is 0.974. The highest BCUT2D eigenvalue weighted by Crippen LogP contribution is 2.31. The van der Waals surface area contributed by atoms with Crippen molar-refractivity contribution in [1.82, 2.24) is 0 Å². The van der Waals surface area contributed by atoms with E-state index >= 15 is 0 Å². The van der Waals surface area contributed by atoms with Gasteiger partial charge in [-0.2, -0.15) is 5.26 Å². The maximum atomic E-state index is 12.9. The molecule has 0 atom stereocenters. The number of hydrogen-bond donors (Lipinski definition) is 1. The normalized spacial score (nSPS) is 11.0. The number of halogens is 4. The molecule has 10 heteroatoms. The summed E-state index contributed by atoms with van der Waals surface area (Å²) >= 11 is 24.3. The Bertz CT molecular complexity index is 1650. The second-order valence-corrected chi connectivity index (χ2v) is 10.5. The van der Waals surface area contributed by atoms with Gasteiger partial charge in [0, 0.05) is 36.9 Å². The van der Waals surface area contributed by atoms with E-state index in [1.54, 1.807) is 78.9 Å². The van der Waals surface area contributed by atoms with Crippen molar-refractivity contribution in [3.8, 4) is 23.3 Å². The van der Waals surface area contributed by atoms with Crippen molar-refractivity contribution in [3.05, 3.63) is 121 Å². The van der Waals surface area contributed by atoms with E-state index in [0.717, 1.165) is 11.1 Å². The van der Waals surface area contributed by atoms with Gasteiger partial charge in [-0.3, -0.25) is 4.79 Å². The van der Waals surface area contributed by atoms with Crippen molar-refractivity contribution in [2.45, 2.75) is 20.1 Å². The smallest absolute Gasteiger partial charge is 0.266 e. The van der Waals surface area contributed by atoms with E-state index in [4.69, 9.17) is 60.6 Å². The van der Waals surface area contributed by atoms with Crippen LogP contribution in [-0.4, -0.2) is 12.5 Å². The van der Waals surface area contributed by atoms with Crippen molar-refractivity contribution in [3.63, 3.8) is 0 Å². The zero-order chi connectivity index (χ0) is 30.1. The minimum Gasteiger partial charge on any atom is -0.490 e. The maximum absolute atomic E-state index is 12.9. The van der Waals surface area contributed by atoms with Gasteiger partial charge in [0.25, 0.3) is 5.91 Å². The van der Waals surface area contributed by atoms with Gasteiger partial charge in [-0.05, 0) is 79.2 Å². The van der Waals surface area contributed by atoms with Gasteiger partial charge in [0.05, 0.1) is 6.61 Å². The van der Waals surface area contributed by atoms with Crippen LogP contribution >= 0.6 is 46.4 Å². The zero-order valence-electron chi connectivity index (χ0n) is 22.3. The van der Waals surface area contributed by atoms with Gasteiger partial charge in [0.2, 0.25) is 0 Å². The number of carbonyl (C=O) groups excluding carboxylic acids is 1. The molecule has 4 aromatic rings. The van der Waals surface area contributed by atoms with Gasteiger partial charge in [-0.1, -0.05) is 64.6 Å². The summed E-state index contributed by atoms with van der Waals surface area (Å²) in [5.41, 5.74) is 2.56. The first-order chi connectivity index (χ1) is 20.2. The molecule has 0 aliphatic carbocycles. The molecule has 1 N–H and O–H groups in total. The van der Waals surface area contributed by atoms with Crippen LogP contribution in [0.3, 0.4) is 0 Å². The fourth-order valence-electron chi connectivity index (χ4n) is 3.74. The van der Waals surface area contributed by atoms with Gasteiger partial charge in [0.15, 0.2) is 11.5 Å². The fourth-order valence-corrected chi connectivity index (χ4v) is 4.67. The molecule has 42 heavy (non-hydrogen) atoms. The third-order valence-corrected chi connectivity index (χ3v) is 7.04. The number of rotatable bonds is 11. The predicted octanol–water partition coefficient (Wildman–Crippen LogP) is 9.40. The molecule has 0 radical (unpaired) electrons. The molecular weight excluding hydrogens is 618 g/mol. The Kier molecular flexibility index (Phi) is 11.0. The Labute approximate surface area is 263 Å². The van der Waals surface area contributed by atoms with Crippen LogP contribution in [-0.2, 0) is 18.0 Å². The lowest BCUT2D eigenvalue weighted by molar-refractivity contribution is -0.112. The number of nitrogens with zero attached hydrogens (tertiary/aromatic N) is 1. The van der Waals surface area contributed by atoms with Crippen LogP contribution in [0.15, 0.2) is 84.4 Å². The Balaban J connectivity index is 1.40. The summed E-state index contributed by atoms with van der Waals surface area (Å²) in [7, 11) is 0. The van der Waals surface area contributed by atoms with E-state index in [1.807, 2.05) is 13.0 Å². The van der Waals surface area contributed by atoms with E-state index in [2.05, 4.69) is 5.32 Å². The molecule has 0 saturated carbocycles. The average Bonchev–Trinajstić information content (AvgIpc) is 2.96. The van der Waals surface area contributed by atoms with Crippen molar-refractivity contribution in [1.29, 1.82) is 5.26 Å². The first-order valence-electron chi connectivity index (χ1n) is 12.7. The minimum atomic E-state index is -0.560. The molecule has 4 aromatic carbocycles. The van der Waals surface area contributed by atoms with Crippen LogP contribution < -0.4 is 19.5 Å². The van der Waals surface area contributed by atoms with Crippen LogP contribution in [0.5, 0.6) is 17.2 Å². The minimum absolute atomic E-state index is 0.0863. The van der Waals surface area contributed by atoms with Gasteiger partial charge >= 0.3 is 0 Å². The lowest BCUT2D eigenvalue weighted by Crippen LogP contribution is -2.13. The van der Waals surface area contributed by atoms with Crippen LogP contribution in [0.1, 0.15) is 23.6 Å². The molecule has 0 bridgehead atoms. The second-order valence-electron chi connectivity index (χ2n) is 8.84. The molecule has 4 rings (SSSR count). The molecule has 6 nitrogen and oxygen atoms in total. The lowest BCUT2D eigenvalue weighted by atomic mass is 10.1. The molecule has 0 saturated heterocycles. The lowest BCUT2D eigenvalue weighted by Gasteiger charge is -2.13. The van der Waals surface area contributed by atoms with Crippen LogP contribution in [0.2, 0.25) is 20.1 Å². The number of nitrogens with one attached hydrogen (secondary N) is 1. The molecule has 0 spiro atoms. The standard InChI is InChI=1S/C32H24Cl4N2O4/c1-2-40-31-14-20(3-12-30(31)42-19-22-5-7-25(34)16-29(22)36)13-23(17-37)32(39)38-26-8-10-27(11-9-26)41-18-21-4-6-24(33)15-28(21)35/h3-16H,2,18-19H2,1H3,(H,38,39)/b23-13+. The number of carbonyl (C=O) groups is 1. The number of benzene rings is 4. The fraction of sp³-hybridized carbons (Fsp3) is 0.125. The Hall–Kier alpha value is -3.86. The first kappa shape index (κ1) is 31.1. The first-order valence-corrected chi connectivity index (χ1v) is 14.2.